The molecule has 140 heavy (non-hydrogen) atoms. The molecule has 3 aliphatic carbocycles. The number of amides is 7. The van der Waals surface area contributed by atoms with Crippen molar-refractivity contribution in [3.8, 4) is 23.0 Å². The standard InChI is InChI=1S/C28H32N2O7.C24H26N2O7.C24H28N2O5.C16H17NO7.C8H11NO.C4H7Br/c1-17(21-10-12-24(13-11-21)35-16-20-8-9-20)29-27(33)25(36-18(2)31)26(37-19(3)32)28(34)30-14-22-6-4-5-7-23(22)15-30;1-14(17-8-10-20(29)11-9-17)25-23(30)21(32-15(2)27)22(33-16(3)28)24(31)26-12-18-6-4-5-7-19(18)13-26;1-15(17-8-10-20(11-9-17)31-14-16-6-7-16)25-23(29)21(27)22(28)24(30)26-12-18-4-2-3-5-19(18)13-26;1-9(18)23-13(14(16(21)22)24-10(2)19)15(20)17-7-11-5-3-4-6-12(11)8-17;1-6(9)7-2-4-8(10)5-3-7;5-3-4-1-2-4/h4-7,10-13,17,20,25-26H,8-9,14-16H2,1-3H3,(H,29,33);4-11,14,21-22,29H,12-13H2,1-3H3,(H,25,30);2-5,8-11,15-16,21-22,27-28H,6-7,12-14H2,1H3,(H,25,29);3-6,13-14H,7-8H2,1-2H3,(H,21,22);2-6,10H,9H2,1H3;4H,1-3H2/t17-,25-,26-;14-,21-,22-;15-,21-,22-;13-,14-;6-;/m11111./s1. The number of halogens is 1. The summed E-state index contributed by atoms with van der Waals surface area (Å²) in [4.78, 5) is 178. The highest BCUT2D eigenvalue weighted by Gasteiger charge is 2.47. The first-order valence-electron chi connectivity index (χ1n) is 46.0. The van der Waals surface area contributed by atoms with E-state index in [-0.39, 0.29) is 43.7 Å². The van der Waals surface area contributed by atoms with Crippen molar-refractivity contribution in [3.63, 3.8) is 0 Å². The molecular weight excluding hydrogens is 1870 g/mol. The van der Waals surface area contributed by atoms with Crippen LogP contribution in [0.5, 0.6) is 23.0 Å². The van der Waals surface area contributed by atoms with Crippen molar-refractivity contribution in [2.45, 2.75) is 233 Å². The number of carbonyl (C=O) groups is 14. The molecule has 8 aromatic rings. The van der Waals surface area contributed by atoms with E-state index >= 15 is 0 Å². The monoisotopic (exact) mass is 1990 g/mol. The van der Waals surface area contributed by atoms with Crippen LogP contribution in [-0.2, 0) is 148 Å². The van der Waals surface area contributed by atoms with Gasteiger partial charge in [-0.1, -0.05) is 162 Å². The average Bonchev–Trinajstić information content (AvgIpc) is 1.64. The van der Waals surface area contributed by atoms with Gasteiger partial charge in [-0.05, 0) is 199 Å². The first-order chi connectivity index (χ1) is 66.7. The summed E-state index contributed by atoms with van der Waals surface area (Å²) in [6.07, 6.45) is -6.13. The molecule has 7 aliphatic rings. The molecular formula is C104H121BrN8O27. The average molecular weight is 2000 g/mol. The fraction of sp³-hybridized carbons (Fsp3) is 0.404. The molecule has 0 bridgehead atoms. The smallest absolute Gasteiger partial charge is 0.349 e. The molecule has 0 radical (unpaired) electrons. The van der Waals surface area contributed by atoms with Gasteiger partial charge < -0.3 is 105 Å². The van der Waals surface area contributed by atoms with E-state index in [1.165, 1.54) is 75.6 Å². The number of alkyl halides is 1. The van der Waals surface area contributed by atoms with Crippen molar-refractivity contribution < 1.29 is 131 Å². The normalized spacial score (nSPS) is 16.3. The van der Waals surface area contributed by atoms with Gasteiger partial charge in [0.05, 0.1) is 31.3 Å². The quantitative estimate of drug-likeness (QED) is 0.0107. The zero-order valence-corrected chi connectivity index (χ0v) is 81.2. The summed E-state index contributed by atoms with van der Waals surface area (Å²) >= 11 is 3.38. The molecule has 7 amide bonds. The van der Waals surface area contributed by atoms with Crippen LogP contribution in [0.4, 0.5) is 0 Å². The van der Waals surface area contributed by atoms with Gasteiger partial charge in [0.2, 0.25) is 36.6 Å². The van der Waals surface area contributed by atoms with Crippen LogP contribution >= 0.6 is 15.9 Å². The van der Waals surface area contributed by atoms with Gasteiger partial charge in [0, 0.05) is 105 Å². The predicted molar refractivity (Wildman–Crippen MR) is 510 cm³/mol. The Morgan fingerprint density at radius 2 is 0.564 bits per heavy atom. The van der Waals surface area contributed by atoms with E-state index in [2.05, 4.69) is 36.6 Å². The number of hydrogen-bond donors (Lipinski definition) is 9. The Morgan fingerprint density at radius 1 is 0.329 bits per heavy atom. The Labute approximate surface area is 819 Å². The van der Waals surface area contributed by atoms with E-state index in [0.717, 1.165) is 127 Å². The fourth-order valence-electron chi connectivity index (χ4n) is 15.2. The number of benzene rings is 8. The van der Waals surface area contributed by atoms with Crippen molar-refractivity contribution in [1.29, 1.82) is 0 Å². The summed E-state index contributed by atoms with van der Waals surface area (Å²) in [5, 5.41) is 57.5. The number of phenols is 2. The molecule has 10 N–H and O–H groups in total. The number of nitrogens with two attached hydrogens (primary N) is 1. The van der Waals surface area contributed by atoms with Crippen molar-refractivity contribution in [2.75, 3.05) is 18.5 Å². The number of esters is 6. The number of aromatic hydroxyl groups is 2. The van der Waals surface area contributed by atoms with Crippen LogP contribution in [0.25, 0.3) is 0 Å². The third-order valence-corrected chi connectivity index (χ3v) is 24.3. The maximum atomic E-state index is 13.4. The highest BCUT2D eigenvalue weighted by Crippen LogP contribution is 2.35. The van der Waals surface area contributed by atoms with Crippen molar-refractivity contribution in [1.82, 2.24) is 35.6 Å². The molecule has 4 heterocycles. The molecule has 3 saturated carbocycles. The summed E-state index contributed by atoms with van der Waals surface area (Å²) in [7, 11) is 0. The van der Waals surface area contributed by atoms with Crippen LogP contribution in [0.2, 0.25) is 0 Å². The molecule has 4 aliphatic heterocycles. The number of ether oxygens (including phenoxy) is 8. The molecule has 36 heteroatoms. The number of fused-ring (bicyclic) bond motifs is 4. The number of carboxylic acids is 1. The molecule has 35 nitrogen and oxygen atoms in total. The Kier molecular flexibility index (Phi) is 39.7. The number of nitrogens with one attached hydrogen (secondary N) is 3. The SMILES string of the molecule is BrCC1CC1.CC(=O)O[C@@H](C(=O)N[C@H](C)c1ccc(O)cc1)[C@@H](OC(C)=O)C(=O)N1Cc2ccccc2C1.CC(=O)O[C@@H](C(=O)N[C@H](C)c1ccc(OCC2CC2)cc1)[C@@H](OC(C)=O)C(=O)N1Cc2ccccc2C1.CC(=O)O[C@@H](C(=O)O)[C@@H](OC(C)=O)C(=O)N1Cc2ccccc2C1.C[C@@H](N)c1ccc(O)cc1.C[C@@H](NC(=O)[C@H](O)[C@@H](O)C(=O)N1Cc2ccccc2C1)c1ccc(OCC2CC2)cc1. The molecule has 3 fully saturated rings. The van der Waals surface area contributed by atoms with Crippen LogP contribution in [-0.4, -0.2) is 196 Å². The Hall–Kier alpha value is -14.1. The number of carboxylic acid groups (broad SMARTS) is 1. The lowest BCUT2D eigenvalue weighted by atomic mass is 10.1. The predicted octanol–water partition coefficient (Wildman–Crippen LogP) is 10.6. The number of aliphatic hydroxyl groups is 2. The second-order valence-corrected chi connectivity index (χ2v) is 35.8. The highest BCUT2D eigenvalue weighted by molar-refractivity contribution is 9.09. The molecule has 746 valence electrons. The summed E-state index contributed by atoms with van der Waals surface area (Å²) in [5.41, 5.74) is 16.6. The summed E-state index contributed by atoms with van der Waals surface area (Å²) in [6.45, 7) is 17.5. The van der Waals surface area contributed by atoms with Crippen molar-refractivity contribution in [2.24, 2.45) is 23.5 Å². The van der Waals surface area contributed by atoms with Gasteiger partial charge in [-0.2, -0.15) is 0 Å². The highest BCUT2D eigenvalue weighted by atomic mass is 79.9. The van der Waals surface area contributed by atoms with E-state index in [9.17, 15) is 87.5 Å². The van der Waals surface area contributed by atoms with Crippen LogP contribution in [0.3, 0.4) is 0 Å². The maximum absolute atomic E-state index is 13.4. The van der Waals surface area contributed by atoms with E-state index in [4.69, 9.17) is 44.0 Å². The van der Waals surface area contributed by atoms with E-state index in [0.29, 0.717) is 50.2 Å². The number of carbonyl (C=O) groups excluding carboxylic acids is 13. The van der Waals surface area contributed by atoms with Crippen LogP contribution in [0.1, 0.15) is 199 Å². The zero-order chi connectivity index (χ0) is 102. The topological polar surface area (TPSA) is 489 Å². The van der Waals surface area contributed by atoms with E-state index < -0.39 is 150 Å². The van der Waals surface area contributed by atoms with Crippen molar-refractivity contribution in [3.05, 3.63) is 261 Å². The lowest BCUT2D eigenvalue weighted by molar-refractivity contribution is -0.183. The maximum Gasteiger partial charge on any atom is 0.349 e. The first-order valence-corrected chi connectivity index (χ1v) is 47.1. The second-order valence-electron chi connectivity index (χ2n) is 35.2. The van der Waals surface area contributed by atoms with Crippen LogP contribution < -0.4 is 31.2 Å². The van der Waals surface area contributed by atoms with Gasteiger partial charge in [0.15, 0.2) is 12.2 Å². The summed E-state index contributed by atoms with van der Waals surface area (Å²) in [6, 6.07) is 56.5. The number of nitrogens with zero attached hydrogens (tertiary/aromatic N) is 4. The zero-order valence-electron chi connectivity index (χ0n) is 79.6. The largest absolute Gasteiger partial charge is 0.508 e. The number of hydrogen-bond acceptors (Lipinski definition) is 27. The molecule has 0 unspecified atom stereocenters. The number of phenolic OH excluding ortho intramolecular Hbond substituents is 2. The number of rotatable bonds is 32. The van der Waals surface area contributed by atoms with Gasteiger partial charge in [-0.25, -0.2) is 4.79 Å². The Balaban J connectivity index is 0.000000184. The molecule has 8 aromatic carbocycles. The van der Waals surface area contributed by atoms with Crippen molar-refractivity contribution >= 4 is 99.1 Å². The van der Waals surface area contributed by atoms with E-state index in [1.54, 1.807) is 45.0 Å². The molecule has 0 spiro atoms. The minimum Gasteiger partial charge on any atom is -0.508 e. The van der Waals surface area contributed by atoms with Gasteiger partial charge in [0.25, 0.3) is 41.4 Å². The minimum absolute atomic E-state index is 0.0422. The van der Waals surface area contributed by atoms with Gasteiger partial charge in [0.1, 0.15) is 23.0 Å². The number of aliphatic hydroxyl groups excluding tert-OH is 2. The van der Waals surface area contributed by atoms with Gasteiger partial charge >= 0.3 is 41.8 Å². The Bertz CT molecular complexity index is 5560. The third kappa shape index (κ3) is 32.8. The second kappa shape index (κ2) is 51.5. The lowest BCUT2D eigenvalue weighted by Crippen LogP contribution is -2.53. The first kappa shape index (κ1) is 108. The molecule has 0 aromatic heterocycles. The number of aliphatic carboxylic acids is 1. The fourth-order valence-corrected chi connectivity index (χ4v) is 15.8. The molecule has 12 atom stereocenters. The van der Waals surface area contributed by atoms with Gasteiger partial charge in [-0.15, -0.1) is 0 Å². The van der Waals surface area contributed by atoms with Crippen LogP contribution in [0.15, 0.2) is 194 Å². The molecule has 15 rings (SSSR count). The van der Waals surface area contributed by atoms with Crippen LogP contribution in [0, 0.1) is 17.8 Å². The third-order valence-electron chi connectivity index (χ3n) is 23.4. The Morgan fingerprint density at radius 3 is 0.807 bits per heavy atom. The minimum atomic E-state index is -1.90. The van der Waals surface area contributed by atoms with E-state index in [1.807, 2.05) is 165 Å². The van der Waals surface area contributed by atoms with Gasteiger partial charge in [-0.3, -0.25) is 62.3 Å². The lowest BCUT2D eigenvalue weighted by Gasteiger charge is -2.29. The molecule has 0 saturated heterocycles. The summed E-state index contributed by atoms with van der Waals surface area (Å²) in [5.74, 6) is -7.17. The summed E-state index contributed by atoms with van der Waals surface area (Å²) < 4.78 is 41.9.